The van der Waals surface area contributed by atoms with Crippen LogP contribution in [-0.2, 0) is 16.0 Å². The zero-order valence-corrected chi connectivity index (χ0v) is 14.6. The molecule has 0 aliphatic heterocycles. The van der Waals surface area contributed by atoms with Gasteiger partial charge in [-0.2, -0.15) is 0 Å². The third kappa shape index (κ3) is 7.96. The predicted octanol–water partition coefficient (Wildman–Crippen LogP) is 0.786. The van der Waals surface area contributed by atoms with Crippen LogP contribution in [0.4, 0.5) is 0 Å². The Kier molecular flexibility index (Phi) is 9.50. The van der Waals surface area contributed by atoms with Gasteiger partial charge in [-0.1, -0.05) is 36.4 Å². The summed E-state index contributed by atoms with van der Waals surface area (Å²) in [7, 11) is 0. The summed E-state index contributed by atoms with van der Waals surface area (Å²) >= 11 is 0. The van der Waals surface area contributed by atoms with Crippen molar-refractivity contribution >= 4 is 11.8 Å². The molecule has 0 bridgehead atoms. The van der Waals surface area contributed by atoms with Crippen molar-refractivity contribution in [1.29, 1.82) is 0 Å². The number of rotatable bonds is 11. The number of amides is 2. The summed E-state index contributed by atoms with van der Waals surface area (Å²) in [5.74, 6) is -1.15. The van der Waals surface area contributed by atoms with Gasteiger partial charge in [-0.25, -0.2) is 0 Å². The van der Waals surface area contributed by atoms with Crippen LogP contribution in [0.15, 0.2) is 43.0 Å². The maximum atomic E-state index is 12.5. The van der Waals surface area contributed by atoms with Crippen LogP contribution in [0, 0.1) is 5.92 Å². The molecule has 1 aromatic rings. The molecular formula is C19H28N2O4. The van der Waals surface area contributed by atoms with Gasteiger partial charge in [-0.3, -0.25) is 9.59 Å². The van der Waals surface area contributed by atoms with Crippen LogP contribution in [0.5, 0.6) is 0 Å². The van der Waals surface area contributed by atoms with Crippen molar-refractivity contribution in [2.45, 2.75) is 38.3 Å². The van der Waals surface area contributed by atoms with Gasteiger partial charge in [0, 0.05) is 12.5 Å². The van der Waals surface area contributed by atoms with E-state index in [9.17, 15) is 14.7 Å². The predicted molar refractivity (Wildman–Crippen MR) is 96.8 cm³/mol. The Morgan fingerprint density at radius 3 is 2.40 bits per heavy atom. The fraction of sp³-hybridized carbons (Fsp3) is 0.474. The highest BCUT2D eigenvalue weighted by Crippen LogP contribution is 2.11. The molecule has 0 saturated heterocycles. The van der Waals surface area contributed by atoms with Crippen molar-refractivity contribution < 1.29 is 19.8 Å². The van der Waals surface area contributed by atoms with Gasteiger partial charge in [0.2, 0.25) is 11.8 Å². The van der Waals surface area contributed by atoms with E-state index < -0.39 is 12.0 Å². The van der Waals surface area contributed by atoms with Crippen LogP contribution in [-0.4, -0.2) is 47.3 Å². The SMILES string of the molecule is C=CC[C@H](CC(=O)NC(C)CO)C(=O)NC(CO)Cc1ccccc1. The van der Waals surface area contributed by atoms with E-state index >= 15 is 0 Å². The number of carbonyl (C=O) groups excluding carboxylic acids is 2. The number of hydrogen-bond acceptors (Lipinski definition) is 4. The van der Waals surface area contributed by atoms with Crippen molar-refractivity contribution in [3.05, 3.63) is 48.6 Å². The third-order valence-corrected chi connectivity index (χ3v) is 3.83. The van der Waals surface area contributed by atoms with Gasteiger partial charge < -0.3 is 20.8 Å². The molecule has 0 spiro atoms. The van der Waals surface area contributed by atoms with E-state index in [0.29, 0.717) is 12.8 Å². The summed E-state index contributed by atoms with van der Waals surface area (Å²) in [5.41, 5.74) is 1.01. The topological polar surface area (TPSA) is 98.7 Å². The number of aliphatic hydroxyl groups excluding tert-OH is 2. The molecule has 1 rings (SSSR count). The van der Waals surface area contributed by atoms with Crippen LogP contribution in [0.3, 0.4) is 0 Å². The molecule has 3 atom stereocenters. The zero-order valence-electron chi connectivity index (χ0n) is 14.6. The number of nitrogens with one attached hydrogen (secondary N) is 2. The van der Waals surface area contributed by atoms with Gasteiger partial charge in [-0.15, -0.1) is 6.58 Å². The van der Waals surface area contributed by atoms with E-state index in [1.54, 1.807) is 13.0 Å². The monoisotopic (exact) mass is 348 g/mol. The molecule has 2 unspecified atom stereocenters. The number of benzene rings is 1. The van der Waals surface area contributed by atoms with Gasteiger partial charge in [0.1, 0.15) is 0 Å². The van der Waals surface area contributed by atoms with E-state index in [0.717, 1.165) is 5.56 Å². The average Bonchev–Trinajstić information content (AvgIpc) is 2.61. The molecule has 2 amide bonds. The minimum Gasteiger partial charge on any atom is -0.394 e. The van der Waals surface area contributed by atoms with Gasteiger partial charge in [-0.05, 0) is 25.3 Å². The van der Waals surface area contributed by atoms with Crippen LogP contribution in [0.25, 0.3) is 0 Å². The first-order chi connectivity index (χ1) is 12.0. The highest BCUT2D eigenvalue weighted by Gasteiger charge is 2.23. The second kappa shape index (κ2) is 11.4. The van der Waals surface area contributed by atoms with Gasteiger partial charge in [0.15, 0.2) is 0 Å². The highest BCUT2D eigenvalue weighted by atomic mass is 16.3. The summed E-state index contributed by atoms with van der Waals surface area (Å²) in [6, 6.07) is 8.80. The first kappa shape index (κ1) is 20.9. The standard InChI is InChI=1S/C19H28N2O4/c1-3-7-16(11-18(24)20-14(2)12-22)19(25)21-17(13-23)10-15-8-5-4-6-9-15/h3-6,8-9,14,16-17,22-23H,1,7,10-13H2,2H3,(H,20,24)(H,21,25)/t14?,16-,17?/m1/s1. The lowest BCUT2D eigenvalue weighted by molar-refractivity contribution is -0.131. The normalized spacial score (nSPS) is 14.2. The smallest absolute Gasteiger partial charge is 0.224 e. The Balaban J connectivity index is 2.63. The van der Waals surface area contributed by atoms with Crippen LogP contribution >= 0.6 is 0 Å². The van der Waals surface area contributed by atoms with Crippen molar-refractivity contribution in [1.82, 2.24) is 10.6 Å². The first-order valence-electron chi connectivity index (χ1n) is 8.46. The van der Waals surface area contributed by atoms with Gasteiger partial charge in [0.25, 0.3) is 0 Å². The number of hydrogen-bond donors (Lipinski definition) is 4. The molecule has 0 heterocycles. The second-order valence-corrected chi connectivity index (χ2v) is 6.15. The highest BCUT2D eigenvalue weighted by molar-refractivity contribution is 5.86. The maximum Gasteiger partial charge on any atom is 0.224 e. The van der Waals surface area contributed by atoms with Crippen molar-refractivity contribution in [3.8, 4) is 0 Å². The molecule has 138 valence electrons. The van der Waals surface area contributed by atoms with Gasteiger partial charge >= 0.3 is 0 Å². The quantitative estimate of drug-likeness (QED) is 0.444. The molecule has 0 aromatic heterocycles. The Labute approximate surface area is 148 Å². The Morgan fingerprint density at radius 2 is 1.84 bits per heavy atom. The molecule has 25 heavy (non-hydrogen) atoms. The lowest BCUT2D eigenvalue weighted by Crippen LogP contribution is -2.44. The summed E-state index contributed by atoms with van der Waals surface area (Å²) in [4.78, 5) is 24.4. The zero-order chi connectivity index (χ0) is 18.7. The Bertz CT molecular complexity index is 548. The fourth-order valence-corrected chi connectivity index (χ4v) is 2.47. The van der Waals surface area contributed by atoms with Crippen molar-refractivity contribution in [2.24, 2.45) is 5.92 Å². The molecule has 1 aromatic carbocycles. The largest absolute Gasteiger partial charge is 0.394 e. The lowest BCUT2D eigenvalue weighted by Gasteiger charge is -2.21. The Morgan fingerprint density at radius 1 is 1.16 bits per heavy atom. The van der Waals surface area contributed by atoms with E-state index in [4.69, 9.17) is 5.11 Å². The number of carbonyl (C=O) groups is 2. The summed E-state index contributed by atoms with van der Waals surface area (Å²) < 4.78 is 0. The van der Waals surface area contributed by atoms with Crippen molar-refractivity contribution in [2.75, 3.05) is 13.2 Å². The number of allylic oxidation sites excluding steroid dienone is 1. The maximum absolute atomic E-state index is 12.5. The number of aliphatic hydroxyl groups is 2. The van der Waals surface area contributed by atoms with E-state index in [1.807, 2.05) is 30.3 Å². The fourth-order valence-electron chi connectivity index (χ4n) is 2.47. The molecule has 4 N–H and O–H groups in total. The minimum atomic E-state index is -0.562. The third-order valence-electron chi connectivity index (χ3n) is 3.83. The summed E-state index contributed by atoms with van der Waals surface area (Å²) in [5, 5.41) is 24.0. The molecule has 0 saturated carbocycles. The second-order valence-electron chi connectivity index (χ2n) is 6.15. The summed E-state index contributed by atoms with van der Waals surface area (Å²) in [6.45, 7) is 4.97. The summed E-state index contributed by atoms with van der Waals surface area (Å²) in [6.07, 6.45) is 2.47. The molecule has 0 aliphatic carbocycles. The van der Waals surface area contributed by atoms with Crippen LogP contribution < -0.4 is 10.6 Å². The van der Waals surface area contributed by atoms with Crippen LogP contribution in [0.2, 0.25) is 0 Å². The molecule has 0 fully saturated rings. The molecule has 0 aliphatic rings. The van der Waals surface area contributed by atoms with E-state index in [-0.39, 0.29) is 37.5 Å². The first-order valence-corrected chi connectivity index (χ1v) is 8.46. The van der Waals surface area contributed by atoms with E-state index in [1.165, 1.54) is 0 Å². The van der Waals surface area contributed by atoms with Gasteiger partial charge in [0.05, 0.1) is 25.2 Å². The minimum absolute atomic E-state index is 0.00563. The van der Waals surface area contributed by atoms with E-state index in [2.05, 4.69) is 17.2 Å². The molecule has 0 radical (unpaired) electrons. The van der Waals surface area contributed by atoms with Crippen molar-refractivity contribution in [3.63, 3.8) is 0 Å². The lowest BCUT2D eigenvalue weighted by atomic mass is 9.98. The molecular weight excluding hydrogens is 320 g/mol. The van der Waals surface area contributed by atoms with Crippen LogP contribution in [0.1, 0.15) is 25.3 Å². The molecule has 6 nitrogen and oxygen atoms in total. The average molecular weight is 348 g/mol. The Hall–Kier alpha value is -2.18. The molecule has 6 heteroatoms.